The smallest absolute Gasteiger partial charge is 0.237 e. The summed E-state index contributed by atoms with van der Waals surface area (Å²) in [5.74, 6) is 1.35. The molecule has 1 aliphatic rings. The van der Waals surface area contributed by atoms with E-state index in [1.807, 2.05) is 24.3 Å². The number of amides is 1. The van der Waals surface area contributed by atoms with E-state index in [1.54, 1.807) is 0 Å². The quantitative estimate of drug-likeness (QED) is 0.825. The summed E-state index contributed by atoms with van der Waals surface area (Å²) in [6, 6.07) is 12.2. The Morgan fingerprint density at radius 2 is 2.12 bits per heavy atom. The van der Waals surface area contributed by atoms with E-state index in [0.29, 0.717) is 12.5 Å². The van der Waals surface area contributed by atoms with Gasteiger partial charge >= 0.3 is 0 Å². The van der Waals surface area contributed by atoms with Gasteiger partial charge in [0.2, 0.25) is 5.91 Å². The lowest BCUT2D eigenvalue weighted by Gasteiger charge is -2.34. The maximum Gasteiger partial charge on any atom is 0.237 e. The largest absolute Gasteiger partial charge is 0.359 e. The van der Waals surface area contributed by atoms with Gasteiger partial charge in [0.05, 0.1) is 18.3 Å². The molecule has 140 valence electrons. The highest BCUT2D eigenvalue weighted by atomic mass is 16.5. The third-order valence-corrected chi connectivity index (χ3v) is 4.81. The lowest BCUT2D eigenvalue weighted by atomic mass is 10.0. The minimum absolute atomic E-state index is 0.0676. The summed E-state index contributed by atoms with van der Waals surface area (Å²) >= 11 is 0. The molecule has 26 heavy (non-hydrogen) atoms. The average Bonchev–Trinajstić information content (AvgIpc) is 3.08. The third kappa shape index (κ3) is 5.18. The summed E-state index contributed by atoms with van der Waals surface area (Å²) in [4.78, 5) is 15.0. The van der Waals surface area contributed by atoms with Crippen molar-refractivity contribution in [1.29, 1.82) is 0 Å². The fraction of sp³-hybridized carbons (Fsp3) is 0.524. The number of carbonyl (C=O) groups is 1. The van der Waals surface area contributed by atoms with Gasteiger partial charge in [0.1, 0.15) is 0 Å². The first kappa shape index (κ1) is 18.6. The molecule has 1 N–H and O–H groups in total. The van der Waals surface area contributed by atoms with Crippen molar-refractivity contribution in [3.63, 3.8) is 0 Å². The van der Waals surface area contributed by atoms with Crippen molar-refractivity contribution in [2.75, 3.05) is 6.54 Å². The van der Waals surface area contributed by atoms with Gasteiger partial charge in [-0.25, -0.2) is 0 Å². The molecule has 5 heteroatoms. The first-order valence-corrected chi connectivity index (χ1v) is 9.62. The third-order valence-electron chi connectivity index (χ3n) is 4.81. The van der Waals surface area contributed by atoms with Gasteiger partial charge in [-0.05, 0) is 37.3 Å². The Bertz CT molecular complexity index is 696. The molecule has 0 spiro atoms. The van der Waals surface area contributed by atoms with E-state index in [0.717, 1.165) is 50.2 Å². The molecule has 5 nitrogen and oxygen atoms in total. The van der Waals surface area contributed by atoms with E-state index in [1.165, 1.54) is 5.56 Å². The van der Waals surface area contributed by atoms with Crippen molar-refractivity contribution in [2.45, 2.75) is 58.7 Å². The second-order valence-electron chi connectivity index (χ2n) is 7.57. The maximum absolute atomic E-state index is 12.7. The second kappa shape index (κ2) is 8.99. The van der Waals surface area contributed by atoms with Crippen molar-refractivity contribution in [1.82, 2.24) is 15.4 Å². The Labute approximate surface area is 155 Å². The summed E-state index contributed by atoms with van der Waals surface area (Å²) in [5, 5.41) is 7.12. The molecular weight excluding hydrogens is 326 g/mol. The van der Waals surface area contributed by atoms with Gasteiger partial charge in [-0.3, -0.25) is 9.69 Å². The van der Waals surface area contributed by atoms with Crippen molar-refractivity contribution >= 4 is 5.91 Å². The van der Waals surface area contributed by atoms with Gasteiger partial charge in [0.15, 0.2) is 5.76 Å². The summed E-state index contributed by atoms with van der Waals surface area (Å²) in [6.45, 7) is 6.49. The molecular formula is C21H29N3O2. The Hall–Kier alpha value is -2.14. The Morgan fingerprint density at radius 1 is 1.31 bits per heavy atom. The normalized spacial score (nSPS) is 18.2. The predicted molar refractivity (Wildman–Crippen MR) is 101 cm³/mol. The lowest BCUT2D eigenvalue weighted by molar-refractivity contribution is -0.128. The van der Waals surface area contributed by atoms with Crippen molar-refractivity contribution in [2.24, 2.45) is 5.92 Å². The van der Waals surface area contributed by atoms with E-state index in [-0.39, 0.29) is 11.9 Å². The Kier molecular flexibility index (Phi) is 6.45. The van der Waals surface area contributed by atoms with Gasteiger partial charge in [-0.1, -0.05) is 55.8 Å². The SMILES string of the molecule is CC(C)Cc1cc(CNC(=O)[C@@H]2CCCCN2Cc2ccccc2)on1. The summed E-state index contributed by atoms with van der Waals surface area (Å²) in [5.41, 5.74) is 2.20. The molecule has 0 unspecified atom stereocenters. The van der Waals surface area contributed by atoms with Crippen LogP contribution in [0.4, 0.5) is 0 Å². The number of carbonyl (C=O) groups excluding carboxylic acids is 1. The van der Waals surface area contributed by atoms with Crippen LogP contribution in [0.3, 0.4) is 0 Å². The van der Waals surface area contributed by atoms with E-state index >= 15 is 0 Å². The zero-order valence-electron chi connectivity index (χ0n) is 15.8. The standard InChI is InChI=1S/C21H29N3O2/c1-16(2)12-18-13-19(26-23-18)14-22-21(25)20-10-6-7-11-24(20)15-17-8-4-3-5-9-17/h3-5,8-9,13,16,20H,6-7,10-12,14-15H2,1-2H3,(H,22,25)/t20-/m0/s1. The summed E-state index contributed by atoms with van der Waals surface area (Å²) in [7, 11) is 0. The first-order chi connectivity index (χ1) is 12.6. The molecule has 1 aromatic heterocycles. The minimum atomic E-state index is -0.0676. The molecule has 0 saturated carbocycles. The number of likely N-dealkylation sites (tertiary alicyclic amines) is 1. The molecule has 1 amide bonds. The highest BCUT2D eigenvalue weighted by molar-refractivity contribution is 5.81. The molecule has 1 atom stereocenters. The average molecular weight is 355 g/mol. The van der Waals surface area contributed by atoms with Crippen LogP contribution in [0.5, 0.6) is 0 Å². The van der Waals surface area contributed by atoms with Crippen molar-refractivity contribution in [3.05, 3.63) is 53.4 Å². The fourth-order valence-corrected chi connectivity index (χ4v) is 3.54. The first-order valence-electron chi connectivity index (χ1n) is 9.62. The molecule has 0 aliphatic carbocycles. The molecule has 1 aliphatic heterocycles. The van der Waals surface area contributed by atoms with E-state index in [2.05, 4.69) is 41.4 Å². The number of piperidine rings is 1. The van der Waals surface area contributed by atoms with Crippen LogP contribution in [0.25, 0.3) is 0 Å². The zero-order chi connectivity index (χ0) is 18.4. The van der Waals surface area contributed by atoms with Crippen LogP contribution in [0, 0.1) is 5.92 Å². The van der Waals surface area contributed by atoms with Gasteiger partial charge in [0, 0.05) is 12.6 Å². The molecule has 2 heterocycles. The number of hydrogen-bond acceptors (Lipinski definition) is 4. The minimum Gasteiger partial charge on any atom is -0.359 e. The highest BCUT2D eigenvalue weighted by Gasteiger charge is 2.28. The van der Waals surface area contributed by atoms with Crippen LogP contribution in [0.15, 0.2) is 40.9 Å². The van der Waals surface area contributed by atoms with E-state index in [9.17, 15) is 4.79 Å². The van der Waals surface area contributed by atoms with Gasteiger partial charge in [-0.15, -0.1) is 0 Å². The Morgan fingerprint density at radius 3 is 2.88 bits per heavy atom. The van der Waals surface area contributed by atoms with Crippen LogP contribution in [0.2, 0.25) is 0 Å². The number of rotatable bonds is 7. The van der Waals surface area contributed by atoms with Crippen molar-refractivity contribution in [3.8, 4) is 0 Å². The second-order valence-corrected chi connectivity index (χ2v) is 7.57. The number of hydrogen-bond donors (Lipinski definition) is 1. The summed E-state index contributed by atoms with van der Waals surface area (Å²) < 4.78 is 5.35. The maximum atomic E-state index is 12.7. The Balaban J connectivity index is 1.55. The molecule has 0 bridgehead atoms. The lowest BCUT2D eigenvalue weighted by Crippen LogP contribution is -2.48. The van der Waals surface area contributed by atoms with Crippen molar-refractivity contribution < 1.29 is 9.32 Å². The van der Waals surface area contributed by atoms with Crippen LogP contribution in [0.1, 0.15) is 50.1 Å². The molecule has 0 radical (unpaired) electrons. The van der Waals surface area contributed by atoms with Crippen LogP contribution < -0.4 is 5.32 Å². The molecule has 3 rings (SSSR count). The highest BCUT2D eigenvalue weighted by Crippen LogP contribution is 2.20. The fourth-order valence-electron chi connectivity index (χ4n) is 3.54. The summed E-state index contributed by atoms with van der Waals surface area (Å²) in [6.07, 6.45) is 4.06. The molecule has 1 fully saturated rings. The van der Waals surface area contributed by atoms with Gasteiger partial charge in [-0.2, -0.15) is 0 Å². The van der Waals surface area contributed by atoms with Crippen LogP contribution >= 0.6 is 0 Å². The molecule has 1 aromatic carbocycles. The number of aromatic nitrogens is 1. The van der Waals surface area contributed by atoms with E-state index < -0.39 is 0 Å². The predicted octanol–water partition coefficient (Wildman–Crippen LogP) is 3.54. The van der Waals surface area contributed by atoms with Gasteiger partial charge < -0.3 is 9.84 Å². The van der Waals surface area contributed by atoms with E-state index in [4.69, 9.17) is 4.52 Å². The molecule has 1 saturated heterocycles. The number of benzene rings is 1. The van der Waals surface area contributed by atoms with Crippen LogP contribution in [-0.2, 0) is 24.3 Å². The molecule has 2 aromatic rings. The number of nitrogens with zero attached hydrogens (tertiary/aromatic N) is 2. The van der Waals surface area contributed by atoms with Crippen LogP contribution in [-0.4, -0.2) is 28.6 Å². The topological polar surface area (TPSA) is 58.4 Å². The zero-order valence-corrected chi connectivity index (χ0v) is 15.8. The van der Waals surface area contributed by atoms with Gasteiger partial charge in [0.25, 0.3) is 0 Å². The number of nitrogens with one attached hydrogen (secondary N) is 1. The monoisotopic (exact) mass is 355 g/mol.